The number of aromatic nitrogens is 1. The molecule has 2 aromatic carbocycles. The Morgan fingerprint density at radius 2 is 1.88 bits per heavy atom. The number of nitrogen functional groups attached to an aromatic ring is 1. The fourth-order valence-corrected chi connectivity index (χ4v) is 3.16. The summed E-state index contributed by atoms with van der Waals surface area (Å²) < 4.78 is 7.30. The molecule has 0 unspecified atom stereocenters. The Morgan fingerprint density at radius 1 is 1.17 bits per heavy atom. The lowest BCUT2D eigenvalue weighted by Gasteiger charge is -2.09. The Kier molecular flexibility index (Phi) is 4.57. The highest BCUT2D eigenvalue weighted by Crippen LogP contribution is 2.30. The summed E-state index contributed by atoms with van der Waals surface area (Å²) in [5.41, 5.74) is 7.87. The van der Waals surface area contributed by atoms with E-state index in [1.165, 1.54) is 4.57 Å². The Balaban J connectivity index is 2.27. The maximum atomic E-state index is 13.0. The van der Waals surface area contributed by atoms with Crippen molar-refractivity contribution in [1.82, 2.24) is 4.57 Å². The third-order valence-corrected chi connectivity index (χ3v) is 4.86. The second-order valence-electron chi connectivity index (χ2n) is 5.16. The normalized spacial score (nSPS) is 10.8. The summed E-state index contributed by atoms with van der Waals surface area (Å²) in [4.78, 5) is 25.3. The maximum absolute atomic E-state index is 13.0. The molecule has 5 nitrogen and oxygen atoms in total. The van der Waals surface area contributed by atoms with E-state index in [2.05, 4.69) is 22.6 Å². The van der Waals surface area contributed by atoms with Crippen LogP contribution >= 0.6 is 22.6 Å². The van der Waals surface area contributed by atoms with Gasteiger partial charge in [-0.15, -0.1) is 0 Å². The van der Waals surface area contributed by atoms with Crippen LogP contribution in [0.2, 0.25) is 0 Å². The van der Waals surface area contributed by atoms with Crippen molar-refractivity contribution < 1.29 is 14.3 Å². The Labute approximate surface area is 152 Å². The number of carbonyl (C=O) groups is 2. The fourth-order valence-electron chi connectivity index (χ4n) is 2.55. The van der Waals surface area contributed by atoms with Gasteiger partial charge in [-0.05, 0) is 59.8 Å². The zero-order valence-corrected chi connectivity index (χ0v) is 15.1. The number of hydrogen-bond donors (Lipinski definition) is 1. The monoisotopic (exact) mass is 434 g/mol. The van der Waals surface area contributed by atoms with Crippen LogP contribution in [0.15, 0.2) is 48.5 Å². The van der Waals surface area contributed by atoms with Crippen molar-refractivity contribution in [3.05, 3.63) is 63.4 Å². The molecule has 0 spiro atoms. The highest BCUT2D eigenvalue weighted by atomic mass is 127. The average molecular weight is 434 g/mol. The van der Waals surface area contributed by atoms with Gasteiger partial charge in [-0.3, -0.25) is 9.36 Å². The topological polar surface area (TPSA) is 74.3 Å². The standard InChI is InChI=1S/C18H15IN2O3/c1-2-24-18(23)15-10-12-14(9-8-13(20)16(12)19)21(15)17(22)11-6-4-3-5-7-11/h3-10H,2,20H2,1H3. The number of ether oxygens (including phenoxy) is 1. The van der Waals surface area contributed by atoms with E-state index in [1.807, 2.05) is 6.07 Å². The van der Waals surface area contributed by atoms with Crippen LogP contribution < -0.4 is 5.73 Å². The van der Waals surface area contributed by atoms with Gasteiger partial charge in [-0.25, -0.2) is 4.79 Å². The van der Waals surface area contributed by atoms with Gasteiger partial charge < -0.3 is 10.5 Å². The van der Waals surface area contributed by atoms with Gasteiger partial charge in [0.2, 0.25) is 0 Å². The molecule has 0 aliphatic heterocycles. The summed E-state index contributed by atoms with van der Waals surface area (Å²) in [7, 11) is 0. The molecular weight excluding hydrogens is 419 g/mol. The number of halogens is 1. The van der Waals surface area contributed by atoms with Gasteiger partial charge in [0, 0.05) is 20.2 Å². The van der Waals surface area contributed by atoms with E-state index in [0.717, 1.165) is 8.96 Å². The van der Waals surface area contributed by atoms with Crippen molar-refractivity contribution in [3.8, 4) is 0 Å². The molecule has 3 rings (SSSR count). The summed E-state index contributed by atoms with van der Waals surface area (Å²) in [6, 6.07) is 14.0. The molecule has 1 aromatic heterocycles. The summed E-state index contributed by atoms with van der Waals surface area (Å²) in [6.45, 7) is 1.96. The van der Waals surface area contributed by atoms with Crippen molar-refractivity contribution in [1.29, 1.82) is 0 Å². The molecular formula is C18H15IN2O3. The lowest BCUT2D eigenvalue weighted by Crippen LogP contribution is -2.19. The summed E-state index contributed by atoms with van der Waals surface area (Å²) in [5.74, 6) is -0.818. The number of carbonyl (C=O) groups excluding carboxylic acids is 2. The Bertz CT molecular complexity index is 932. The predicted octanol–water partition coefficient (Wildman–Crippen LogP) is 3.69. The van der Waals surface area contributed by atoms with E-state index in [0.29, 0.717) is 16.8 Å². The minimum Gasteiger partial charge on any atom is -0.461 e. The number of anilines is 1. The molecule has 0 radical (unpaired) electrons. The van der Waals surface area contributed by atoms with Crippen molar-refractivity contribution in [3.63, 3.8) is 0 Å². The van der Waals surface area contributed by atoms with Crippen LogP contribution in [0.4, 0.5) is 5.69 Å². The third kappa shape index (κ3) is 2.77. The minimum absolute atomic E-state index is 0.198. The molecule has 2 N–H and O–H groups in total. The number of nitrogens with two attached hydrogens (primary N) is 1. The van der Waals surface area contributed by atoms with Crippen LogP contribution in [-0.2, 0) is 4.74 Å². The summed E-state index contributed by atoms with van der Waals surface area (Å²) in [5, 5.41) is 0.753. The van der Waals surface area contributed by atoms with Crippen LogP contribution in [-0.4, -0.2) is 23.1 Å². The molecule has 1 heterocycles. The molecule has 24 heavy (non-hydrogen) atoms. The van der Waals surface area contributed by atoms with Crippen molar-refractivity contribution in [2.75, 3.05) is 12.3 Å². The number of rotatable bonds is 3. The number of nitrogens with zero attached hydrogens (tertiary/aromatic N) is 1. The van der Waals surface area contributed by atoms with E-state index in [1.54, 1.807) is 49.4 Å². The number of esters is 1. The van der Waals surface area contributed by atoms with Crippen molar-refractivity contribution in [2.45, 2.75) is 6.92 Å². The van der Waals surface area contributed by atoms with Crippen LogP contribution in [0.1, 0.15) is 27.8 Å². The molecule has 0 atom stereocenters. The highest BCUT2D eigenvalue weighted by Gasteiger charge is 2.23. The van der Waals surface area contributed by atoms with Gasteiger partial charge in [-0.2, -0.15) is 0 Å². The highest BCUT2D eigenvalue weighted by molar-refractivity contribution is 14.1. The van der Waals surface area contributed by atoms with Gasteiger partial charge in [0.1, 0.15) is 5.69 Å². The van der Waals surface area contributed by atoms with Crippen molar-refractivity contribution >= 4 is 51.1 Å². The minimum atomic E-state index is -0.535. The number of benzene rings is 2. The molecule has 0 aliphatic carbocycles. The maximum Gasteiger partial charge on any atom is 0.355 e. The summed E-state index contributed by atoms with van der Waals surface area (Å²) >= 11 is 2.11. The first-order valence-corrected chi connectivity index (χ1v) is 8.48. The first kappa shape index (κ1) is 16.5. The van der Waals surface area contributed by atoms with Gasteiger partial charge >= 0.3 is 5.97 Å². The quantitative estimate of drug-likeness (QED) is 0.388. The van der Waals surface area contributed by atoms with E-state index >= 15 is 0 Å². The second kappa shape index (κ2) is 6.64. The van der Waals surface area contributed by atoms with E-state index in [9.17, 15) is 9.59 Å². The van der Waals surface area contributed by atoms with Crippen molar-refractivity contribution in [2.24, 2.45) is 0 Å². The molecule has 0 amide bonds. The zero-order valence-electron chi connectivity index (χ0n) is 13.0. The van der Waals surface area contributed by atoms with E-state index in [-0.39, 0.29) is 18.2 Å². The van der Waals surface area contributed by atoms with E-state index < -0.39 is 5.97 Å². The zero-order chi connectivity index (χ0) is 17.3. The van der Waals surface area contributed by atoms with E-state index in [4.69, 9.17) is 10.5 Å². The molecule has 0 aliphatic rings. The Morgan fingerprint density at radius 3 is 2.54 bits per heavy atom. The van der Waals surface area contributed by atoms with Crippen LogP contribution in [0.5, 0.6) is 0 Å². The van der Waals surface area contributed by atoms with Crippen LogP contribution in [0.3, 0.4) is 0 Å². The molecule has 122 valence electrons. The first-order valence-electron chi connectivity index (χ1n) is 7.41. The lowest BCUT2D eigenvalue weighted by molar-refractivity contribution is 0.0510. The molecule has 0 bridgehead atoms. The van der Waals surface area contributed by atoms with Crippen LogP contribution in [0.25, 0.3) is 10.9 Å². The van der Waals surface area contributed by atoms with Gasteiger partial charge in [0.05, 0.1) is 12.1 Å². The fraction of sp³-hybridized carbons (Fsp3) is 0.111. The summed E-state index contributed by atoms with van der Waals surface area (Å²) in [6.07, 6.45) is 0. The molecule has 6 heteroatoms. The molecule has 0 fully saturated rings. The second-order valence-corrected chi connectivity index (χ2v) is 6.24. The molecule has 0 saturated carbocycles. The number of fused-ring (bicyclic) bond motifs is 1. The number of hydrogen-bond acceptors (Lipinski definition) is 4. The lowest BCUT2D eigenvalue weighted by atomic mass is 10.2. The molecule has 3 aromatic rings. The van der Waals surface area contributed by atoms with Gasteiger partial charge in [-0.1, -0.05) is 18.2 Å². The smallest absolute Gasteiger partial charge is 0.355 e. The first-order chi connectivity index (χ1) is 11.5. The Hall–Kier alpha value is -2.35. The SMILES string of the molecule is CCOC(=O)c1cc2c(I)c(N)ccc2n1C(=O)c1ccccc1. The largest absolute Gasteiger partial charge is 0.461 e. The van der Waals surface area contributed by atoms with Gasteiger partial charge in [0.25, 0.3) is 5.91 Å². The predicted molar refractivity (Wildman–Crippen MR) is 101 cm³/mol. The third-order valence-electron chi connectivity index (χ3n) is 3.66. The average Bonchev–Trinajstić information content (AvgIpc) is 2.99. The van der Waals surface area contributed by atoms with Gasteiger partial charge in [0.15, 0.2) is 0 Å². The van der Waals surface area contributed by atoms with Crippen LogP contribution in [0, 0.1) is 3.57 Å². The molecule has 0 saturated heterocycles.